The van der Waals surface area contributed by atoms with Crippen LogP contribution in [0.2, 0.25) is 0 Å². The maximum Gasteiger partial charge on any atom is 0.387 e. The second-order valence-corrected chi connectivity index (χ2v) is 3.03. The number of ether oxygens (including phenoxy) is 1. The molecule has 0 fully saturated rings. The zero-order chi connectivity index (χ0) is 12.3. The highest BCUT2D eigenvalue weighted by atomic mass is 19.3. The molecule has 0 aliphatic rings. The number of ketones is 1. The number of alkyl halides is 4. The fourth-order valence-electron chi connectivity index (χ4n) is 1.10. The number of halogens is 4. The lowest BCUT2D eigenvalue weighted by Crippen LogP contribution is -2.21. The van der Waals surface area contributed by atoms with Crippen molar-refractivity contribution in [2.45, 2.75) is 19.6 Å². The van der Waals surface area contributed by atoms with Gasteiger partial charge < -0.3 is 0 Å². The third-order valence-corrected chi connectivity index (χ3v) is 1.84. The van der Waals surface area contributed by atoms with Crippen molar-refractivity contribution < 1.29 is 27.1 Å². The van der Waals surface area contributed by atoms with Crippen LogP contribution in [0.3, 0.4) is 0 Å². The molecule has 0 saturated heterocycles. The van der Waals surface area contributed by atoms with Crippen LogP contribution in [0.15, 0.2) is 24.3 Å². The van der Waals surface area contributed by atoms with Crippen LogP contribution in [-0.4, -0.2) is 12.4 Å². The minimum Gasteiger partial charge on any atom is -0.295 e. The molecule has 0 unspecified atom stereocenters. The largest absolute Gasteiger partial charge is 0.387 e. The zero-order valence-corrected chi connectivity index (χ0v) is 8.22. The van der Waals surface area contributed by atoms with Crippen LogP contribution in [-0.2, 0) is 10.8 Å². The molecule has 0 heterocycles. The molecule has 0 amide bonds. The van der Waals surface area contributed by atoms with Gasteiger partial charge in [0.15, 0.2) is 5.78 Å². The van der Waals surface area contributed by atoms with E-state index < -0.39 is 24.1 Å². The zero-order valence-electron chi connectivity index (χ0n) is 8.22. The van der Waals surface area contributed by atoms with Crippen LogP contribution in [0, 0.1) is 0 Å². The Morgan fingerprint density at radius 1 is 1.38 bits per heavy atom. The van der Waals surface area contributed by atoms with Gasteiger partial charge in [0.2, 0.25) is 0 Å². The fourth-order valence-corrected chi connectivity index (χ4v) is 1.10. The number of hydrogen-bond acceptors (Lipinski definition) is 2. The predicted molar refractivity (Wildman–Crippen MR) is 47.4 cm³/mol. The van der Waals surface area contributed by atoms with E-state index in [4.69, 9.17) is 0 Å². The summed E-state index contributed by atoms with van der Waals surface area (Å²) in [5, 5.41) is 0. The van der Waals surface area contributed by atoms with E-state index in [1.54, 1.807) is 0 Å². The van der Waals surface area contributed by atoms with Gasteiger partial charge >= 0.3 is 12.7 Å². The van der Waals surface area contributed by atoms with Gasteiger partial charge in [-0.05, 0) is 13.0 Å². The maximum atomic E-state index is 13.0. The molecule has 0 bridgehead atoms. The van der Waals surface area contributed by atoms with E-state index in [1.807, 2.05) is 0 Å². The first-order valence-electron chi connectivity index (χ1n) is 4.28. The molecule has 88 valence electrons. The van der Waals surface area contributed by atoms with Crippen LogP contribution < -0.4 is 0 Å². The van der Waals surface area contributed by atoms with Crippen LogP contribution in [0.25, 0.3) is 0 Å². The van der Waals surface area contributed by atoms with Gasteiger partial charge in [-0.2, -0.15) is 17.6 Å². The second kappa shape index (κ2) is 4.61. The van der Waals surface area contributed by atoms with Gasteiger partial charge in [-0.25, -0.2) is 0 Å². The highest BCUT2D eigenvalue weighted by molar-refractivity contribution is 5.94. The lowest BCUT2D eigenvalue weighted by molar-refractivity contribution is -0.328. The Kier molecular flexibility index (Phi) is 3.64. The Morgan fingerprint density at radius 3 is 2.50 bits per heavy atom. The van der Waals surface area contributed by atoms with Crippen molar-refractivity contribution in [2.24, 2.45) is 0 Å². The molecule has 16 heavy (non-hydrogen) atoms. The predicted octanol–water partition coefficient (Wildman–Crippen LogP) is 3.18. The number of benzene rings is 1. The summed E-state index contributed by atoms with van der Waals surface area (Å²) in [5.74, 6) is -0.435. The molecule has 1 aromatic rings. The highest BCUT2D eigenvalue weighted by Crippen LogP contribution is 2.31. The lowest BCUT2D eigenvalue weighted by Gasteiger charge is -2.16. The van der Waals surface area contributed by atoms with Crippen molar-refractivity contribution in [2.75, 3.05) is 0 Å². The molecular weight excluding hydrogens is 228 g/mol. The van der Waals surface area contributed by atoms with Crippen LogP contribution >= 0.6 is 0 Å². The third-order valence-electron chi connectivity index (χ3n) is 1.84. The molecule has 6 heteroatoms. The first kappa shape index (κ1) is 12.6. The van der Waals surface area contributed by atoms with E-state index in [2.05, 4.69) is 4.74 Å². The highest BCUT2D eigenvalue weighted by Gasteiger charge is 2.36. The van der Waals surface area contributed by atoms with Crippen molar-refractivity contribution in [3.63, 3.8) is 0 Å². The standard InChI is InChI=1S/C10H8F4O2/c1-6(15)7-3-2-4-8(5-7)10(13,14)16-9(11)12/h2-5,9H,1H3. The van der Waals surface area contributed by atoms with Crippen LogP contribution in [0.4, 0.5) is 17.6 Å². The topological polar surface area (TPSA) is 26.3 Å². The third kappa shape index (κ3) is 3.03. The van der Waals surface area contributed by atoms with E-state index >= 15 is 0 Å². The Balaban J connectivity index is 3.03. The Morgan fingerprint density at radius 2 is 2.00 bits per heavy atom. The molecule has 0 aliphatic carbocycles. The number of Topliss-reactive ketones (excluding diaryl/α,β-unsaturated/α-hetero) is 1. The van der Waals surface area contributed by atoms with E-state index in [0.717, 1.165) is 12.1 Å². The van der Waals surface area contributed by atoms with E-state index in [0.29, 0.717) is 0 Å². The molecule has 0 radical (unpaired) electrons. The minimum absolute atomic E-state index is 0.00930. The van der Waals surface area contributed by atoms with Crippen molar-refractivity contribution in [3.05, 3.63) is 35.4 Å². The molecule has 1 aromatic carbocycles. The summed E-state index contributed by atoms with van der Waals surface area (Å²) in [6.45, 7) is -2.40. The van der Waals surface area contributed by atoms with Gasteiger partial charge in [0.1, 0.15) is 0 Å². The fraction of sp³-hybridized carbons (Fsp3) is 0.300. The summed E-state index contributed by atoms with van der Waals surface area (Å²) >= 11 is 0. The molecule has 1 rings (SSSR count). The molecule has 0 aliphatic heterocycles. The average Bonchev–Trinajstić information content (AvgIpc) is 2.16. The number of carbonyl (C=O) groups excluding carboxylic acids is 1. The lowest BCUT2D eigenvalue weighted by atomic mass is 10.1. The first-order valence-corrected chi connectivity index (χ1v) is 4.28. The second-order valence-electron chi connectivity index (χ2n) is 3.03. The van der Waals surface area contributed by atoms with E-state index in [9.17, 15) is 22.4 Å². The number of hydrogen-bond donors (Lipinski definition) is 0. The minimum atomic E-state index is -4.11. The Bertz CT molecular complexity index is 390. The van der Waals surface area contributed by atoms with Crippen molar-refractivity contribution in [1.82, 2.24) is 0 Å². The Labute approximate surface area is 88.8 Å². The molecule has 0 aromatic heterocycles. The summed E-state index contributed by atoms with van der Waals surface area (Å²) in [6, 6.07) is 4.22. The van der Waals surface area contributed by atoms with Gasteiger partial charge in [0.25, 0.3) is 0 Å². The number of rotatable bonds is 4. The summed E-state index contributed by atoms with van der Waals surface area (Å²) in [6.07, 6.45) is -4.11. The summed E-state index contributed by atoms with van der Waals surface area (Å²) in [5.41, 5.74) is -0.768. The van der Waals surface area contributed by atoms with Gasteiger partial charge in [-0.15, -0.1) is 0 Å². The summed E-state index contributed by atoms with van der Waals surface area (Å²) in [7, 11) is 0. The quantitative estimate of drug-likeness (QED) is 0.592. The van der Waals surface area contributed by atoms with Gasteiger partial charge in [0.05, 0.1) is 5.56 Å². The summed E-state index contributed by atoms with van der Waals surface area (Å²) < 4.78 is 52.7. The van der Waals surface area contributed by atoms with E-state index in [1.165, 1.54) is 19.1 Å². The van der Waals surface area contributed by atoms with Crippen molar-refractivity contribution in [3.8, 4) is 0 Å². The van der Waals surface area contributed by atoms with Gasteiger partial charge in [-0.3, -0.25) is 9.53 Å². The van der Waals surface area contributed by atoms with Gasteiger partial charge in [0, 0.05) is 5.56 Å². The van der Waals surface area contributed by atoms with Crippen LogP contribution in [0.5, 0.6) is 0 Å². The molecule has 0 atom stereocenters. The Hall–Kier alpha value is -1.43. The van der Waals surface area contributed by atoms with Crippen molar-refractivity contribution >= 4 is 5.78 Å². The first-order chi connectivity index (χ1) is 7.33. The van der Waals surface area contributed by atoms with Crippen molar-refractivity contribution in [1.29, 1.82) is 0 Å². The molecule has 0 saturated carbocycles. The molecule has 0 spiro atoms. The maximum absolute atomic E-state index is 13.0. The summed E-state index contributed by atoms with van der Waals surface area (Å²) in [4.78, 5) is 10.9. The molecule has 0 N–H and O–H groups in total. The van der Waals surface area contributed by atoms with Gasteiger partial charge in [-0.1, -0.05) is 18.2 Å². The monoisotopic (exact) mass is 236 g/mol. The SMILES string of the molecule is CC(=O)c1cccc(C(F)(F)OC(F)F)c1. The molecule has 2 nitrogen and oxygen atoms in total. The molecular formula is C10H8F4O2. The smallest absolute Gasteiger partial charge is 0.295 e. The van der Waals surface area contributed by atoms with Crippen LogP contribution in [0.1, 0.15) is 22.8 Å². The van der Waals surface area contributed by atoms with E-state index in [-0.39, 0.29) is 5.56 Å². The normalized spacial score (nSPS) is 11.9. The number of carbonyl (C=O) groups is 1. The average molecular weight is 236 g/mol.